The van der Waals surface area contributed by atoms with Gasteiger partial charge in [-0.1, -0.05) is 53.7 Å². The van der Waals surface area contributed by atoms with E-state index < -0.39 is 20.4 Å². The third-order valence-electron chi connectivity index (χ3n) is 9.55. The van der Waals surface area contributed by atoms with E-state index in [1.54, 1.807) is 49.3 Å². The highest BCUT2D eigenvalue weighted by atomic mass is 127. The van der Waals surface area contributed by atoms with E-state index in [0.29, 0.717) is 17.5 Å². The quantitative estimate of drug-likeness (QED) is 0.0607. The van der Waals surface area contributed by atoms with Crippen molar-refractivity contribution in [2.24, 2.45) is 0 Å². The summed E-state index contributed by atoms with van der Waals surface area (Å²) in [5.74, 6) is -0.729. The van der Waals surface area contributed by atoms with E-state index in [4.69, 9.17) is 32.4 Å². The molecule has 380 valence electrons. The van der Waals surface area contributed by atoms with E-state index in [2.05, 4.69) is 133 Å². The van der Waals surface area contributed by atoms with Gasteiger partial charge in [-0.3, -0.25) is 9.59 Å². The van der Waals surface area contributed by atoms with Crippen molar-refractivity contribution in [3.63, 3.8) is 0 Å². The molecule has 8 rings (SSSR count). The molecule has 0 aliphatic heterocycles. The molecule has 11 nitrogen and oxygen atoms in total. The first-order valence-corrected chi connectivity index (χ1v) is 28.1. The zero-order chi connectivity index (χ0) is 52.9. The Balaban J connectivity index is 0.000000315. The number of anilines is 2. The topological polar surface area (TPSA) is 176 Å². The molecule has 19 heteroatoms. The predicted octanol–water partition coefficient (Wildman–Crippen LogP) is 15.6. The molecule has 0 fully saturated rings. The van der Waals surface area contributed by atoms with Gasteiger partial charge in [0.25, 0.3) is 5.24 Å². The molecule has 0 saturated carbocycles. The molecule has 2 heterocycles. The molecule has 0 radical (unpaired) electrons. The van der Waals surface area contributed by atoms with Crippen LogP contribution in [0.25, 0.3) is 11.4 Å². The van der Waals surface area contributed by atoms with Gasteiger partial charge < -0.3 is 25.7 Å². The van der Waals surface area contributed by atoms with Gasteiger partial charge in [0.05, 0.1) is 18.2 Å². The van der Waals surface area contributed by atoms with Gasteiger partial charge in [-0.05, 0) is 239 Å². The minimum absolute atomic E-state index is 0. The second-order valence-electron chi connectivity index (χ2n) is 15.5. The third kappa shape index (κ3) is 23.4. The van der Waals surface area contributed by atoms with E-state index in [-0.39, 0.29) is 13.2 Å². The molecule has 0 saturated heterocycles. The van der Waals surface area contributed by atoms with Gasteiger partial charge in [0, 0.05) is 102 Å². The van der Waals surface area contributed by atoms with E-state index >= 15 is 0 Å². The molecule has 0 spiro atoms. The number of carbonyl (C=O) groups is 3. The van der Waals surface area contributed by atoms with Crippen molar-refractivity contribution in [3.05, 3.63) is 217 Å². The molecular weight excluding hydrogens is 1400 g/mol. The van der Waals surface area contributed by atoms with Crippen LogP contribution >= 0.6 is 117 Å². The Kier molecular flexibility index (Phi) is 28.6. The number of nitrogens with two attached hydrogens (primary N) is 2. The standard InChI is InChI=1S/C19H17IN2O.C10H11N3.C8H6ClIO.C8H7IO2.C7H8BrN.CH4.Cl2OS/c1-13-7-15(9-17(8-13)22-6-5-21-12-22)10-19(23)16-4-3-14(2)18(20)11-16;1-8-4-9(11)6-10(5-8)13-3-2-12-7-13;1-5-2-3-6(8(9)11)4-7(5)10;1-5-2-3-6(8(10)11)4-7(5)9;1-5-2-6(8)4-7(9)3-5;;1-4(2)3/h3-9,11-12H,10H2,1-2H3;2-7H,11H2,1H3;2-4H,1H3;2-4H,1H3,(H,10,11);2-4H,9H2,1H3;1H4;. The second-order valence-corrected chi connectivity index (χ2v) is 22.8. The summed E-state index contributed by atoms with van der Waals surface area (Å²) in [6, 6.07) is 34.3. The van der Waals surface area contributed by atoms with Crippen LogP contribution in [0.1, 0.15) is 77.4 Å². The molecule has 0 bridgehead atoms. The number of hydrogen-bond donors (Lipinski definition) is 3. The van der Waals surface area contributed by atoms with Gasteiger partial charge in [-0.15, -0.1) is 0 Å². The maximum atomic E-state index is 12.6. The van der Waals surface area contributed by atoms with E-state index in [9.17, 15) is 14.4 Å². The van der Waals surface area contributed by atoms with Crippen molar-refractivity contribution in [1.82, 2.24) is 19.1 Å². The van der Waals surface area contributed by atoms with Crippen LogP contribution in [0.4, 0.5) is 11.4 Å². The van der Waals surface area contributed by atoms with Crippen molar-refractivity contribution < 1.29 is 23.7 Å². The van der Waals surface area contributed by atoms with Gasteiger partial charge in [-0.2, -0.15) is 0 Å². The molecule has 0 atom stereocenters. The fourth-order valence-electron chi connectivity index (χ4n) is 6.12. The average Bonchev–Trinajstić information content (AvgIpc) is 4.03. The summed E-state index contributed by atoms with van der Waals surface area (Å²) in [5, 5.41) is 8.20. The zero-order valence-electron chi connectivity index (χ0n) is 39.1. The number of Topliss-reactive ketones (excluding diaryl/α,β-unsaturated/α-hetero) is 1. The number of aromatic carboxylic acids is 1. The zero-order valence-corrected chi connectivity index (χ0v) is 50.3. The number of carboxylic acids is 1. The minimum Gasteiger partial charge on any atom is -0.478 e. The minimum atomic E-state index is -1.67. The van der Waals surface area contributed by atoms with Gasteiger partial charge in [-0.25, -0.2) is 19.0 Å². The summed E-state index contributed by atoms with van der Waals surface area (Å²) < 4.78 is 17.2. The van der Waals surface area contributed by atoms with Crippen molar-refractivity contribution in [1.29, 1.82) is 0 Å². The monoisotopic (exact) mass is 1450 g/mol. The van der Waals surface area contributed by atoms with Crippen molar-refractivity contribution in [2.75, 3.05) is 11.5 Å². The molecule has 0 amide bonds. The van der Waals surface area contributed by atoms with E-state index in [1.165, 1.54) is 11.1 Å². The number of carbonyl (C=O) groups excluding carboxylic acids is 2. The van der Waals surface area contributed by atoms with E-state index in [1.807, 2.05) is 130 Å². The Morgan fingerprint density at radius 1 is 0.611 bits per heavy atom. The summed E-state index contributed by atoms with van der Waals surface area (Å²) in [6.45, 7) is 12.1. The number of carboxylic acid groups (broad SMARTS) is 1. The fourth-order valence-corrected chi connectivity index (χ4v) is 8.40. The predicted molar refractivity (Wildman–Crippen MR) is 328 cm³/mol. The highest BCUT2D eigenvalue weighted by Crippen LogP contribution is 2.20. The van der Waals surface area contributed by atoms with Crippen molar-refractivity contribution in [3.8, 4) is 11.4 Å². The summed E-state index contributed by atoms with van der Waals surface area (Å²) >= 11 is 15.2. The number of aryl methyl sites for hydroxylation is 6. The molecule has 8 aromatic rings. The Morgan fingerprint density at radius 3 is 1.42 bits per heavy atom. The maximum Gasteiger partial charge on any atom is 0.335 e. The number of hydrogen-bond acceptors (Lipinski definition) is 8. The number of halogens is 7. The van der Waals surface area contributed by atoms with Crippen LogP contribution in [-0.2, 0) is 15.6 Å². The smallest absolute Gasteiger partial charge is 0.335 e. The number of aromatic nitrogens is 4. The lowest BCUT2D eigenvalue weighted by molar-refractivity contribution is 0.0696. The van der Waals surface area contributed by atoms with Crippen LogP contribution in [0.15, 0.2) is 151 Å². The number of ketones is 1. The van der Waals surface area contributed by atoms with Crippen LogP contribution in [0, 0.1) is 52.3 Å². The van der Waals surface area contributed by atoms with E-state index in [0.717, 1.165) is 71.3 Å². The highest BCUT2D eigenvalue weighted by molar-refractivity contribution is 14.1. The number of imidazole rings is 2. The van der Waals surface area contributed by atoms with Crippen molar-refractivity contribution in [2.45, 2.75) is 55.4 Å². The Morgan fingerprint density at radius 2 is 1.01 bits per heavy atom. The molecule has 72 heavy (non-hydrogen) atoms. The number of benzene rings is 6. The van der Waals surface area contributed by atoms with Crippen LogP contribution < -0.4 is 11.5 Å². The average molecular weight is 1450 g/mol. The van der Waals surface area contributed by atoms with Gasteiger partial charge in [0.2, 0.25) is 9.23 Å². The fraction of sp³-hybridized carbons (Fsp3) is 0.151. The van der Waals surface area contributed by atoms with Gasteiger partial charge in [0.1, 0.15) is 0 Å². The second kappa shape index (κ2) is 32.2. The molecule has 0 aliphatic rings. The lowest BCUT2D eigenvalue weighted by Crippen LogP contribution is -2.05. The summed E-state index contributed by atoms with van der Waals surface area (Å²) in [4.78, 5) is 41.8. The van der Waals surface area contributed by atoms with Crippen LogP contribution in [-0.4, -0.2) is 45.4 Å². The summed E-state index contributed by atoms with van der Waals surface area (Å²) in [5.41, 5.74) is 24.6. The highest BCUT2D eigenvalue weighted by Gasteiger charge is 2.11. The molecule has 5 N–H and O–H groups in total. The van der Waals surface area contributed by atoms with Crippen LogP contribution in [0.5, 0.6) is 0 Å². The summed E-state index contributed by atoms with van der Waals surface area (Å²) in [6.07, 6.45) is 11.2. The third-order valence-corrected chi connectivity index (χ3v) is 13.7. The largest absolute Gasteiger partial charge is 0.478 e. The van der Waals surface area contributed by atoms with Crippen molar-refractivity contribution >= 4 is 154 Å². The summed E-state index contributed by atoms with van der Waals surface area (Å²) in [7, 11) is 7.36. The van der Waals surface area contributed by atoms with Gasteiger partial charge >= 0.3 is 5.97 Å². The van der Waals surface area contributed by atoms with Gasteiger partial charge in [0.15, 0.2) is 5.78 Å². The molecule has 2 aromatic heterocycles. The lowest BCUT2D eigenvalue weighted by Gasteiger charge is -2.09. The first-order chi connectivity index (χ1) is 33.4. The molecule has 6 aromatic carbocycles. The SMILES string of the molecule is C.Cc1cc(CC(=O)c2ccc(C)c(I)c2)cc(-n2ccnc2)c1.Cc1cc(N)cc(-n2ccnc2)c1.Cc1cc(N)cc(Br)c1.Cc1ccc(C(=O)Cl)cc1I.Cc1ccc(C(=O)O)cc1I.O=S(Cl)Cl. The molecule has 0 aliphatic carbocycles. The Bertz CT molecular complexity index is 2960. The normalized spacial score (nSPS) is 9.92. The lowest BCUT2D eigenvalue weighted by atomic mass is 10.0. The number of rotatable bonds is 7. The Labute approximate surface area is 487 Å². The number of nitrogens with zero attached hydrogens (tertiary/aromatic N) is 4. The Hall–Kier alpha value is -4.16. The van der Waals surface area contributed by atoms with Crippen LogP contribution in [0.3, 0.4) is 0 Å². The maximum absolute atomic E-state index is 12.6. The number of nitrogen functional groups attached to an aromatic ring is 2. The first-order valence-electron chi connectivity index (χ1n) is 20.9. The molecule has 0 unspecified atom stereocenters. The van der Waals surface area contributed by atoms with Crippen LogP contribution in [0.2, 0.25) is 0 Å². The first kappa shape index (κ1) is 64.0. The molecular formula is C53H53BrCl3I3N6O5S.